The summed E-state index contributed by atoms with van der Waals surface area (Å²) >= 11 is 0. The Labute approximate surface area is 300 Å². The van der Waals surface area contributed by atoms with E-state index in [1.165, 1.54) is 173 Å². The van der Waals surface area contributed by atoms with Crippen LogP contribution in [0.5, 0.6) is 0 Å². The molecule has 0 fully saturated rings. The first-order chi connectivity index (χ1) is 23.7. The van der Waals surface area contributed by atoms with E-state index in [0.717, 1.165) is 38.5 Å². The summed E-state index contributed by atoms with van der Waals surface area (Å²) in [6, 6.07) is -0.630. The van der Waals surface area contributed by atoms with E-state index < -0.39 is 12.1 Å². The minimum absolute atomic E-state index is 0.0981. The van der Waals surface area contributed by atoms with Gasteiger partial charge >= 0.3 is 0 Å². The predicted octanol–water partition coefficient (Wildman–Crippen LogP) is 13.2. The molecule has 0 aliphatic heterocycles. The number of rotatable bonds is 39. The molecule has 0 aliphatic carbocycles. The number of hydrogen-bond acceptors (Lipinski definition) is 3. The van der Waals surface area contributed by atoms with Crippen molar-refractivity contribution >= 4 is 5.91 Å². The molecular weight excluding hydrogens is 590 g/mol. The SMILES string of the molecule is CCCCCCCCCCCCCCCCCCCCCCCCCCCCC/C=C/CC/C=C/C(O)C(CO)NC(=O)CCCCC. The Morgan fingerprint density at radius 3 is 1.21 bits per heavy atom. The van der Waals surface area contributed by atoms with E-state index in [2.05, 4.69) is 31.3 Å². The molecule has 0 rings (SSSR count). The van der Waals surface area contributed by atoms with Gasteiger partial charge in [-0.05, 0) is 32.1 Å². The maximum absolute atomic E-state index is 11.9. The lowest BCUT2D eigenvalue weighted by Crippen LogP contribution is -2.45. The van der Waals surface area contributed by atoms with Crippen LogP contribution in [0, 0.1) is 0 Å². The molecule has 48 heavy (non-hydrogen) atoms. The standard InChI is InChI=1S/C44H85NO3/c1-3-5-7-8-9-10-11-12-13-14-15-16-17-18-19-20-21-22-23-24-25-26-27-28-29-30-31-32-33-34-35-36-38-39-43(47)42(41-46)45-44(48)40-37-6-4-2/h33-34,38-39,42-43,46-47H,3-32,35-37,40-41H2,1-2H3,(H,45,48)/b34-33+,39-38+. The summed E-state index contributed by atoms with van der Waals surface area (Å²) in [5.41, 5.74) is 0. The smallest absolute Gasteiger partial charge is 0.220 e. The third kappa shape index (κ3) is 36.2. The topological polar surface area (TPSA) is 69.6 Å². The molecule has 0 aromatic rings. The monoisotopic (exact) mass is 676 g/mol. The van der Waals surface area contributed by atoms with Crippen LogP contribution in [0.1, 0.15) is 232 Å². The minimum atomic E-state index is -0.854. The van der Waals surface area contributed by atoms with E-state index in [0.29, 0.717) is 6.42 Å². The van der Waals surface area contributed by atoms with Gasteiger partial charge in [-0.3, -0.25) is 4.79 Å². The van der Waals surface area contributed by atoms with Gasteiger partial charge in [-0.15, -0.1) is 0 Å². The van der Waals surface area contributed by atoms with Crippen LogP contribution < -0.4 is 5.32 Å². The quantitative estimate of drug-likeness (QED) is 0.0448. The van der Waals surface area contributed by atoms with E-state index in [9.17, 15) is 15.0 Å². The zero-order valence-corrected chi connectivity index (χ0v) is 32.5. The van der Waals surface area contributed by atoms with Crippen molar-refractivity contribution in [1.82, 2.24) is 5.32 Å². The predicted molar refractivity (Wildman–Crippen MR) is 212 cm³/mol. The molecular formula is C44H85NO3. The molecule has 1 amide bonds. The van der Waals surface area contributed by atoms with Crippen molar-refractivity contribution in [3.63, 3.8) is 0 Å². The zero-order chi connectivity index (χ0) is 35.0. The number of carbonyl (C=O) groups excluding carboxylic acids is 1. The summed E-state index contributed by atoms with van der Waals surface area (Å²) in [6.45, 7) is 4.14. The van der Waals surface area contributed by atoms with Gasteiger partial charge in [-0.1, -0.05) is 218 Å². The Hall–Kier alpha value is -1.13. The number of unbranched alkanes of at least 4 members (excludes halogenated alkanes) is 30. The Kier molecular flexibility index (Phi) is 39.4. The molecule has 4 heteroatoms. The van der Waals surface area contributed by atoms with E-state index in [-0.39, 0.29) is 12.5 Å². The molecule has 0 saturated heterocycles. The second-order valence-electron chi connectivity index (χ2n) is 14.8. The van der Waals surface area contributed by atoms with Crippen molar-refractivity contribution in [2.24, 2.45) is 0 Å². The van der Waals surface area contributed by atoms with E-state index in [4.69, 9.17) is 0 Å². The number of aliphatic hydroxyl groups excluding tert-OH is 2. The summed E-state index contributed by atoms with van der Waals surface area (Å²) in [5.74, 6) is -0.0981. The minimum Gasteiger partial charge on any atom is -0.394 e. The fourth-order valence-corrected chi connectivity index (χ4v) is 6.61. The van der Waals surface area contributed by atoms with Gasteiger partial charge in [0, 0.05) is 6.42 Å². The molecule has 3 N–H and O–H groups in total. The normalized spacial score (nSPS) is 13.2. The third-order valence-corrected chi connectivity index (χ3v) is 9.94. The average molecular weight is 676 g/mol. The molecule has 0 saturated carbocycles. The van der Waals surface area contributed by atoms with Gasteiger partial charge in [0.15, 0.2) is 0 Å². The van der Waals surface area contributed by atoms with Gasteiger partial charge in [-0.2, -0.15) is 0 Å². The van der Waals surface area contributed by atoms with E-state index >= 15 is 0 Å². The molecule has 0 heterocycles. The fraction of sp³-hybridized carbons (Fsp3) is 0.886. The number of allylic oxidation sites excluding steroid dienone is 3. The summed E-state index contributed by atoms with van der Waals surface area (Å²) in [7, 11) is 0. The molecule has 4 nitrogen and oxygen atoms in total. The highest BCUT2D eigenvalue weighted by molar-refractivity contribution is 5.76. The Balaban J connectivity index is 3.34. The zero-order valence-electron chi connectivity index (χ0n) is 32.5. The maximum atomic E-state index is 11.9. The Bertz CT molecular complexity index is 691. The van der Waals surface area contributed by atoms with Crippen molar-refractivity contribution < 1.29 is 15.0 Å². The first-order valence-electron chi connectivity index (χ1n) is 21.6. The largest absolute Gasteiger partial charge is 0.394 e. The van der Waals surface area contributed by atoms with Gasteiger partial charge in [0.2, 0.25) is 5.91 Å². The highest BCUT2D eigenvalue weighted by atomic mass is 16.3. The third-order valence-electron chi connectivity index (χ3n) is 9.94. The van der Waals surface area contributed by atoms with Crippen molar-refractivity contribution in [3.8, 4) is 0 Å². The molecule has 284 valence electrons. The molecule has 0 aliphatic rings. The molecule has 0 bridgehead atoms. The lowest BCUT2D eigenvalue weighted by Gasteiger charge is -2.19. The van der Waals surface area contributed by atoms with Crippen LogP contribution >= 0.6 is 0 Å². The number of nitrogens with one attached hydrogen (secondary N) is 1. The summed E-state index contributed by atoms with van der Waals surface area (Å²) < 4.78 is 0. The summed E-state index contributed by atoms with van der Waals surface area (Å²) in [4.78, 5) is 11.9. The van der Waals surface area contributed by atoms with Gasteiger partial charge in [-0.25, -0.2) is 0 Å². The number of carbonyl (C=O) groups is 1. The van der Waals surface area contributed by atoms with Crippen molar-refractivity contribution in [2.45, 2.75) is 244 Å². The second-order valence-corrected chi connectivity index (χ2v) is 14.8. The van der Waals surface area contributed by atoms with Crippen LogP contribution in [0.2, 0.25) is 0 Å². The van der Waals surface area contributed by atoms with Crippen LogP contribution in [0.4, 0.5) is 0 Å². The molecule has 0 aromatic heterocycles. The van der Waals surface area contributed by atoms with Crippen molar-refractivity contribution in [1.29, 1.82) is 0 Å². The lowest BCUT2D eigenvalue weighted by atomic mass is 10.0. The van der Waals surface area contributed by atoms with Crippen molar-refractivity contribution in [2.75, 3.05) is 6.61 Å². The van der Waals surface area contributed by atoms with Crippen LogP contribution in [0.15, 0.2) is 24.3 Å². The highest BCUT2D eigenvalue weighted by Gasteiger charge is 2.17. The first kappa shape index (κ1) is 46.9. The van der Waals surface area contributed by atoms with Crippen LogP contribution in [-0.2, 0) is 4.79 Å². The highest BCUT2D eigenvalue weighted by Crippen LogP contribution is 2.16. The molecule has 2 unspecified atom stereocenters. The second kappa shape index (κ2) is 40.3. The summed E-state index contributed by atoms with van der Waals surface area (Å²) in [5, 5.41) is 22.5. The van der Waals surface area contributed by atoms with Gasteiger partial charge in [0.25, 0.3) is 0 Å². The average Bonchev–Trinajstić information content (AvgIpc) is 3.09. The van der Waals surface area contributed by atoms with Gasteiger partial charge < -0.3 is 15.5 Å². The number of amides is 1. The van der Waals surface area contributed by atoms with Gasteiger partial charge in [0.1, 0.15) is 0 Å². The lowest BCUT2D eigenvalue weighted by molar-refractivity contribution is -0.123. The number of aliphatic hydroxyl groups is 2. The van der Waals surface area contributed by atoms with Crippen LogP contribution in [0.25, 0.3) is 0 Å². The van der Waals surface area contributed by atoms with Crippen LogP contribution in [-0.4, -0.2) is 34.9 Å². The Morgan fingerprint density at radius 1 is 0.479 bits per heavy atom. The number of hydrogen-bond donors (Lipinski definition) is 3. The van der Waals surface area contributed by atoms with Crippen molar-refractivity contribution in [3.05, 3.63) is 24.3 Å². The van der Waals surface area contributed by atoms with Crippen LogP contribution in [0.3, 0.4) is 0 Å². The molecule has 0 aromatic carbocycles. The Morgan fingerprint density at radius 2 is 0.812 bits per heavy atom. The summed E-state index contributed by atoms with van der Waals surface area (Å²) in [6.07, 6.45) is 52.4. The van der Waals surface area contributed by atoms with Gasteiger partial charge in [0.05, 0.1) is 18.8 Å². The van der Waals surface area contributed by atoms with E-state index in [1.807, 2.05) is 6.08 Å². The molecule has 0 radical (unpaired) electrons. The van der Waals surface area contributed by atoms with E-state index in [1.54, 1.807) is 6.08 Å². The molecule has 2 atom stereocenters. The molecule has 0 spiro atoms. The maximum Gasteiger partial charge on any atom is 0.220 e. The first-order valence-corrected chi connectivity index (χ1v) is 21.6. The fourth-order valence-electron chi connectivity index (χ4n) is 6.61.